The van der Waals surface area contributed by atoms with E-state index in [-0.39, 0.29) is 5.69 Å². The molecular formula is C25H23ClN2O6. The Morgan fingerprint density at radius 2 is 1.50 bits per heavy atom. The molecule has 2 N–H and O–H groups in total. The van der Waals surface area contributed by atoms with Crippen LogP contribution in [0.5, 0.6) is 11.5 Å². The van der Waals surface area contributed by atoms with Crippen LogP contribution in [0.1, 0.15) is 22.0 Å². The SMILES string of the molecule is COc1cc(NC(=O)C(OC(=O)CNC(=O)c2ccccc2)c2ccccc2)c(OC)cc1Cl. The number of halogens is 1. The van der Waals surface area contributed by atoms with Crippen LogP contribution in [0, 0.1) is 0 Å². The third kappa shape index (κ3) is 6.26. The van der Waals surface area contributed by atoms with Crippen LogP contribution in [0.15, 0.2) is 72.8 Å². The van der Waals surface area contributed by atoms with Crippen molar-refractivity contribution in [3.8, 4) is 11.5 Å². The Morgan fingerprint density at radius 1 is 0.882 bits per heavy atom. The molecular weight excluding hydrogens is 460 g/mol. The van der Waals surface area contributed by atoms with Gasteiger partial charge in [-0.05, 0) is 12.1 Å². The Hall–Kier alpha value is -4.04. The molecule has 0 aliphatic carbocycles. The number of esters is 1. The van der Waals surface area contributed by atoms with Gasteiger partial charge in [0.1, 0.15) is 18.0 Å². The smallest absolute Gasteiger partial charge is 0.326 e. The van der Waals surface area contributed by atoms with Gasteiger partial charge in [-0.3, -0.25) is 14.4 Å². The number of nitrogens with one attached hydrogen (secondary N) is 2. The third-order valence-electron chi connectivity index (χ3n) is 4.75. The lowest BCUT2D eigenvalue weighted by Crippen LogP contribution is -2.33. The van der Waals surface area contributed by atoms with Crippen LogP contribution >= 0.6 is 11.6 Å². The van der Waals surface area contributed by atoms with E-state index in [0.29, 0.717) is 27.6 Å². The van der Waals surface area contributed by atoms with E-state index in [4.69, 9.17) is 25.8 Å². The monoisotopic (exact) mass is 482 g/mol. The van der Waals surface area contributed by atoms with Gasteiger partial charge in [-0.2, -0.15) is 0 Å². The van der Waals surface area contributed by atoms with Crippen LogP contribution in [0.3, 0.4) is 0 Å². The molecule has 0 fully saturated rings. The van der Waals surface area contributed by atoms with Crippen molar-refractivity contribution in [2.75, 3.05) is 26.1 Å². The molecule has 0 spiro atoms. The van der Waals surface area contributed by atoms with Gasteiger partial charge in [-0.15, -0.1) is 0 Å². The van der Waals surface area contributed by atoms with Gasteiger partial charge in [0.05, 0.1) is 24.9 Å². The van der Waals surface area contributed by atoms with E-state index in [1.165, 1.54) is 26.4 Å². The van der Waals surface area contributed by atoms with Crippen molar-refractivity contribution in [3.05, 3.63) is 88.9 Å². The molecule has 0 saturated heterocycles. The molecule has 3 aromatic rings. The molecule has 0 bridgehead atoms. The van der Waals surface area contributed by atoms with E-state index in [2.05, 4.69) is 10.6 Å². The largest absolute Gasteiger partial charge is 0.495 e. The fraction of sp³-hybridized carbons (Fsp3) is 0.160. The number of methoxy groups -OCH3 is 2. The van der Waals surface area contributed by atoms with E-state index in [9.17, 15) is 14.4 Å². The number of ether oxygens (including phenoxy) is 3. The number of carbonyl (C=O) groups is 3. The number of anilines is 1. The minimum absolute atomic E-state index is 0.281. The number of amides is 2. The summed E-state index contributed by atoms with van der Waals surface area (Å²) in [6.07, 6.45) is -1.28. The standard InChI is InChI=1S/C25H23ClN2O6/c1-32-20-14-19(21(33-2)13-18(20)26)28-25(31)23(16-9-5-3-6-10-16)34-22(29)15-27-24(30)17-11-7-4-8-12-17/h3-14,23H,15H2,1-2H3,(H,27,30)(H,28,31). The third-order valence-corrected chi connectivity index (χ3v) is 5.05. The Morgan fingerprint density at radius 3 is 2.12 bits per heavy atom. The van der Waals surface area contributed by atoms with Crippen molar-refractivity contribution in [2.45, 2.75) is 6.10 Å². The van der Waals surface area contributed by atoms with Crippen molar-refractivity contribution >= 4 is 35.1 Å². The fourth-order valence-corrected chi connectivity index (χ4v) is 3.31. The number of rotatable bonds is 9. The highest BCUT2D eigenvalue weighted by Gasteiger charge is 2.26. The molecule has 3 aromatic carbocycles. The highest BCUT2D eigenvalue weighted by Crippen LogP contribution is 2.36. The average Bonchev–Trinajstić information content (AvgIpc) is 2.87. The summed E-state index contributed by atoms with van der Waals surface area (Å²) in [5, 5.41) is 5.48. The molecule has 0 aliphatic rings. The van der Waals surface area contributed by atoms with Gasteiger partial charge in [0, 0.05) is 23.3 Å². The number of hydrogen-bond acceptors (Lipinski definition) is 6. The predicted octanol–water partition coefficient (Wildman–Crippen LogP) is 4.01. The van der Waals surface area contributed by atoms with Crippen LogP contribution in [0.4, 0.5) is 5.69 Å². The molecule has 1 unspecified atom stereocenters. The maximum atomic E-state index is 13.2. The topological polar surface area (TPSA) is 103 Å². The van der Waals surface area contributed by atoms with Crippen molar-refractivity contribution < 1.29 is 28.6 Å². The van der Waals surface area contributed by atoms with Gasteiger partial charge >= 0.3 is 5.97 Å². The molecule has 0 saturated carbocycles. The van der Waals surface area contributed by atoms with E-state index >= 15 is 0 Å². The quantitative estimate of drug-likeness (QED) is 0.447. The van der Waals surface area contributed by atoms with Gasteiger partial charge in [0.25, 0.3) is 11.8 Å². The van der Waals surface area contributed by atoms with E-state index in [0.717, 1.165) is 0 Å². The number of carbonyl (C=O) groups excluding carboxylic acids is 3. The first-order valence-electron chi connectivity index (χ1n) is 10.2. The highest BCUT2D eigenvalue weighted by atomic mass is 35.5. The minimum atomic E-state index is -1.28. The minimum Gasteiger partial charge on any atom is -0.495 e. The summed E-state index contributed by atoms with van der Waals surface area (Å²) >= 11 is 6.13. The number of hydrogen-bond donors (Lipinski definition) is 2. The zero-order valence-corrected chi connectivity index (χ0v) is 19.3. The second-order valence-corrected chi connectivity index (χ2v) is 7.41. The van der Waals surface area contributed by atoms with Gasteiger partial charge in [0.2, 0.25) is 6.10 Å². The first-order chi connectivity index (χ1) is 16.4. The van der Waals surface area contributed by atoms with Crippen molar-refractivity contribution in [1.82, 2.24) is 5.32 Å². The first-order valence-corrected chi connectivity index (χ1v) is 10.6. The Kier molecular flexibility index (Phi) is 8.48. The zero-order valence-electron chi connectivity index (χ0n) is 18.5. The summed E-state index contributed by atoms with van der Waals surface area (Å²) in [5.74, 6) is -1.22. The zero-order chi connectivity index (χ0) is 24.5. The van der Waals surface area contributed by atoms with Crippen LogP contribution in [0.25, 0.3) is 0 Å². The molecule has 1 atom stereocenters. The highest BCUT2D eigenvalue weighted by molar-refractivity contribution is 6.32. The summed E-state index contributed by atoms with van der Waals surface area (Å²) in [6, 6.07) is 19.9. The normalized spacial score (nSPS) is 11.1. The van der Waals surface area contributed by atoms with Crippen molar-refractivity contribution in [1.29, 1.82) is 0 Å². The van der Waals surface area contributed by atoms with Crippen LogP contribution in [-0.4, -0.2) is 38.5 Å². The predicted molar refractivity (Wildman–Crippen MR) is 127 cm³/mol. The first kappa shape index (κ1) is 24.6. The van der Waals surface area contributed by atoms with Gasteiger partial charge in [-0.1, -0.05) is 60.1 Å². The van der Waals surface area contributed by atoms with E-state index < -0.39 is 30.4 Å². The molecule has 0 aromatic heterocycles. The Labute approximate surface area is 201 Å². The fourth-order valence-electron chi connectivity index (χ4n) is 3.07. The number of benzene rings is 3. The van der Waals surface area contributed by atoms with Crippen LogP contribution in [-0.2, 0) is 14.3 Å². The Bertz CT molecular complexity index is 1150. The summed E-state index contributed by atoms with van der Waals surface area (Å²) in [6.45, 7) is -0.414. The molecule has 0 heterocycles. The van der Waals surface area contributed by atoms with E-state index in [1.54, 1.807) is 60.7 Å². The summed E-state index contributed by atoms with van der Waals surface area (Å²) < 4.78 is 15.9. The molecule has 2 amide bonds. The average molecular weight is 483 g/mol. The molecule has 8 nitrogen and oxygen atoms in total. The molecule has 176 valence electrons. The lowest BCUT2D eigenvalue weighted by atomic mass is 10.1. The Balaban J connectivity index is 1.76. The maximum Gasteiger partial charge on any atom is 0.326 e. The van der Waals surface area contributed by atoms with Crippen LogP contribution in [0.2, 0.25) is 5.02 Å². The van der Waals surface area contributed by atoms with Crippen molar-refractivity contribution in [2.24, 2.45) is 0 Å². The van der Waals surface area contributed by atoms with Gasteiger partial charge in [0.15, 0.2) is 0 Å². The summed E-state index contributed by atoms with van der Waals surface area (Å²) in [5.41, 5.74) is 1.13. The van der Waals surface area contributed by atoms with E-state index in [1.807, 2.05) is 0 Å². The molecule has 0 radical (unpaired) electrons. The lowest BCUT2D eigenvalue weighted by Gasteiger charge is -2.20. The summed E-state index contributed by atoms with van der Waals surface area (Å²) in [7, 11) is 2.87. The van der Waals surface area contributed by atoms with Gasteiger partial charge in [-0.25, -0.2) is 0 Å². The summed E-state index contributed by atoms with van der Waals surface area (Å²) in [4.78, 5) is 37.9. The molecule has 9 heteroatoms. The van der Waals surface area contributed by atoms with Gasteiger partial charge < -0.3 is 24.8 Å². The lowest BCUT2D eigenvalue weighted by molar-refractivity contribution is -0.153. The second-order valence-electron chi connectivity index (χ2n) is 7.01. The van der Waals surface area contributed by atoms with Crippen LogP contribution < -0.4 is 20.1 Å². The molecule has 0 aliphatic heterocycles. The second kappa shape index (κ2) is 11.7. The maximum absolute atomic E-state index is 13.2. The molecule has 34 heavy (non-hydrogen) atoms. The van der Waals surface area contributed by atoms with Crippen molar-refractivity contribution in [3.63, 3.8) is 0 Å². The molecule has 3 rings (SSSR count).